The molecule has 1 aliphatic carbocycles. The fraction of sp³-hybridized carbons (Fsp3) is 0.500. The van der Waals surface area contributed by atoms with E-state index in [9.17, 15) is 4.79 Å². The number of rotatable bonds is 2. The van der Waals surface area contributed by atoms with Crippen molar-refractivity contribution in [1.82, 2.24) is 5.32 Å². The minimum Gasteiger partial charge on any atom is -0.349 e. The van der Waals surface area contributed by atoms with E-state index in [0.717, 1.165) is 12.0 Å². The van der Waals surface area contributed by atoms with Gasteiger partial charge >= 0.3 is 0 Å². The highest BCUT2D eigenvalue weighted by atomic mass is 16.1. The van der Waals surface area contributed by atoms with E-state index >= 15 is 0 Å². The molecule has 112 valence electrons. The SMILES string of the molecule is CC1CCCC(NC(=O)c2ccc(C#CCN)cc2)C1C. The zero-order chi connectivity index (χ0) is 15.2. The first-order chi connectivity index (χ1) is 10.1. The molecule has 3 nitrogen and oxygen atoms in total. The molecule has 3 atom stereocenters. The van der Waals surface area contributed by atoms with E-state index in [1.54, 1.807) is 0 Å². The van der Waals surface area contributed by atoms with Crippen LogP contribution in [0.3, 0.4) is 0 Å². The number of carbonyl (C=O) groups excluding carboxylic acids is 1. The van der Waals surface area contributed by atoms with Crippen LogP contribution in [0.1, 0.15) is 49.0 Å². The molecule has 3 N–H and O–H groups in total. The molecule has 2 rings (SSSR count). The number of amides is 1. The number of hydrogen-bond donors (Lipinski definition) is 2. The summed E-state index contributed by atoms with van der Waals surface area (Å²) in [6.07, 6.45) is 3.55. The van der Waals surface area contributed by atoms with Crippen molar-refractivity contribution >= 4 is 5.91 Å². The van der Waals surface area contributed by atoms with Gasteiger partial charge in [0.2, 0.25) is 0 Å². The Bertz CT molecular complexity index is 539. The van der Waals surface area contributed by atoms with Crippen molar-refractivity contribution < 1.29 is 4.79 Å². The Morgan fingerprint density at radius 3 is 2.67 bits per heavy atom. The monoisotopic (exact) mass is 284 g/mol. The maximum Gasteiger partial charge on any atom is 0.251 e. The third-order valence-corrected chi connectivity index (χ3v) is 4.51. The normalized spacial score (nSPS) is 24.8. The van der Waals surface area contributed by atoms with Crippen LogP contribution < -0.4 is 11.1 Å². The molecular weight excluding hydrogens is 260 g/mol. The zero-order valence-corrected chi connectivity index (χ0v) is 12.9. The third-order valence-electron chi connectivity index (χ3n) is 4.51. The number of hydrogen-bond acceptors (Lipinski definition) is 2. The molecule has 0 radical (unpaired) electrons. The van der Waals surface area contributed by atoms with Gasteiger partial charge < -0.3 is 11.1 Å². The number of carbonyl (C=O) groups is 1. The molecule has 1 aromatic carbocycles. The minimum absolute atomic E-state index is 0.0132. The lowest BCUT2D eigenvalue weighted by Gasteiger charge is -2.34. The molecule has 1 amide bonds. The number of nitrogens with one attached hydrogen (secondary N) is 1. The predicted octanol–water partition coefficient (Wildman–Crippen LogP) is 2.55. The summed E-state index contributed by atoms with van der Waals surface area (Å²) >= 11 is 0. The van der Waals surface area contributed by atoms with Crippen molar-refractivity contribution in [2.24, 2.45) is 17.6 Å². The standard InChI is InChI=1S/C18H24N2O/c1-13-5-3-7-17(14(13)2)20-18(21)16-10-8-15(9-11-16)6-4-12-19/h8-11,13-14,17H,3,5,7,12,19H2,1-2H3,(H,20,21). The lowest BCUT2D eigenvalue weighted by atomic mass is 9.78. The summed E-state index contributed by atoms with van der Waals surface area (Å²) in [6, 6.07) is 7.67. The van der Waals surface area contributed by atoms with Crippen LogP contribution in [0.4, 0.5) is 0 Å². The summed E-state index contributed by atoms with van der Waals surface area (Å²) in [4.78, 5) is 12.3. The van der Waals surface area contributed by atoms with Gasteiger partial charge in [-0.3, -0.25) is 4.79 Å². The van der Waals surface area contributed by atoms with Crippen LogP contribution in [0.5, 0.6) is 0 Å². The molecule has 21 heavy (non-hydrogen) atoms. The van der Waals surface area contributed by atoms with Crippen LogP contribution in [0.2, 0.25) is 0 Å². The molecule has 0 bridgehead atoms. The van der Waals surface area contributed by atoms with Crippen molar-refractivity contribution in [1.29, 1.82) is 0 Å². The van der Waals surface area contributed by atoms with E-state index in [-0.39, 0.29) is 11.9 Å². The van der Waals surface area contributed by atoms with Crippen LogP contribution in [-0.2, 0) is 0 Å². The van der Waals surface area contributed by atoms with Gasteiger partial charge in [0.05, 0.1) is 6.54 Å². The topological polar surface area (TPSA) is 55.1 Å². The average Bonchev–Trinajstić information content (AvgIpc) is 2.50. The smallest absolute Gasteiger partial charge is 0.251 e. The summed E-state index contributed by atoms with van der Waals surface area (Å²) in [5, 5.41) is 3.18. The van der Waals surface area contributed by atoms with Crippen molar-refractivity contribution in [2.75, 3.05) is 6.54 Å². The first-order valence-electron chi connectivity index (χ1n) is 7.71. The quantitative estimate of drug-likeness (QED) is 0.820. The molecule has 1 saturated carbocycles. The molecule has 0 aliphatic heterocycles. The first kappa shape index (κ1) is 15.6. The number of nitrogens with two attached hydrogens (primary N) is 1. The van der Waals surface area contributed by atoms with Gasteiger partial charge in [-0.2, -0.15) is 0 Å². The molecule has 3 heteroatoms. The Balaban J connectivity index is 2.00. The molecule has 0 spiro atoms. The lowest BCUT2D eigenvalue weighted by Crippen LogP contribution is -2.43. The van der Waals surface area contributed by atoms with E-state index < -0.39 is 0 Å². The van der Waals surface area contributed by atoms with Crippen molar-refractivity contribution in [3.8, 4) is 11.8 Å². The molecular formula is C18H24N2O. The van der Waals surface area contributed by atoms with Gasteiger partial charge in [-0.05, 0) is 42.5 Å². The van der Waals surface area contributed by atoms with Crippen LogP contribution in [0, 0.1) is 23.7 Å². The molecule has 1 fully saturated rings. The van der Waals surface area contributed by atoms with E-state index in [1.165, 1.54) is 12.8 Å². The summed E-state index contributed by atoms with van der Waals surface area (Å²) in [6.45, 7) is 4.86. The summed E-state index contributed by atoms with van der Waals surface area (Å²) in [5.74, 6) is 7.00. The fourth-order valence-corrected chi connectivity index (χ4v) is 2.90. The van der Waals surface area contributed by atoms with Crippen LogP contribution in [-0.4, -0.2) is 18.5 Å². The van der Waals surface area contributed by atoms with Crippen LogP contribution in [0.15, 0.2) is 24.3 Å². The average molecular weight is 284 g/mol. The van der Waals surface area contributed by atoms with Crippen molar-refractivity contribution in [2.45, 2.75) is 39.2 Å². The van der Waals surface area contributed by atoms with E-state index in [2.05, 4.69) is 31.0 Å². The Labute approximate surface area is 127 Å². The van der Waals surface area contributed by atoms with Crippen LogP contribution in [0.25, 0.3) is 0 Å². The summed E-state index contributed by atoms with van der Waals surface area (Å²) in [5.41, 5.74) is 6.92. The van der Waals surface area contributed by atoms with Crippen molar-refractivity contribution in [3.63, 3.8) is 0 Å². The number of benzene rings is 1. The predicted molar refractivity (Wildman–Crippen MR) is 85.8 cm³/mol. The Hall–Kier alpha value is -1.79. The second-order valence-corrected chi connectivity index (χ2v) is 5.93. The van der Waals surface area contributed by atoms with Gasteiger partial charge in [0.25, 0.3) is 5.91 Å². The molecule has 1 aromatic rings. The lowest BCUT2D eigenvalue weighted by molar-refractivity contribution is 0.0891. The molecule has 0 saturated heterocycles. The largest absolute Gasteiger partial charge is 0.349 e. The van der Waals surface area contributed by atoms with E-state index in [4.69, 9.17) is 5.73 Å². The van der Waals surface area contributed by atoms with E-state index in [1.807, 2.05) is 24.3 Å². The molecule has 3 unspecified atom stereocenters. The summed E-state index contributed by atoms with van der Waals surface area (Å²) < 4.78 is 0. The highest BCUT2D eigenvalue weighted by Gasteiger charge is 2.28. The first-order valence-corrected chi connectivity index (χ1v) is 7.71. The molecule has 0 aromatic heterocycles. The van der Waals surface area contributed by atoms with Gasteiger partial charge in [0.1, 0.15) is 0 Å². The van der Waals surface area contributed by atoms with Gasteiger partial charge in [-0.25, -0.2) is 0 Å². The maximum atomic E-state index is 12.3. The minimum atomic E-state index is 0.0132. The zero-order valence-electron chi connectivity index (χ0n) is 12.9. The third kappa shape index (κ3) is 4.09. The van der Waals surface area contributed by atoms with E-state index in [0.29, 0.717) is 23.9 Å². The summed E-state index contributed by atoms with van der Waals surface area (Å²) in [7, 11) is 0. The van der Waals surface area contributed by atoms with Crippen LogP contribution >= 0.6 is 0 Å². The molecule has 1 aliphatic rings. The van der Waals surface area contributed by atoms with Gasteiger partial charge in [0, 0.05) is 17.2 Å². The highest BCUT2D eigenvalue weighted by Crippen LogP contribution is 2.29. The maximum absolute atomic E-state index is 12.3. The van der Waals surface area contributed by atoms with Crippen molar-refractivity contribution in [3.05, 3.63) is 35.4 Å². The van der Waals surface area contributed by atoms with Gasteiger partial charge in [-0.15, -0.1) is 0 Å². The Kier molecular flexibility index (Phi) is 5.41. The Morgan fingerprint density at radius 1 is 1.29 bits per heavy atom. The molecule has 0 heterocycles. The second-order valence-electron chi connectivity index (χ2n) is 5.93. The Morgan fingerprint density at radius 2 is 2.00 bits per heavy atom. The highest BCUT2D eigenvalue weighted by molar-refractivity contribution is 5.94. The van der Waals surface area contributed by atoms with Gasteiger partial charge in [-0.1, -0.05) is 38.5 Å². The van der Waals surface area contributed by atoms with Gasteiger partial charge in [0.15, 0.2) is 0 Å². The second kappa shape index (κ2) is 7.28. The fourth-order valence-electron chi connectivity index (χ4n) is 2.90.